The molecule has 0 saturated carbocycles. The maximum absolute atomic E-state index is 13.2. The first-order chi connectivity index (χ1) is 14.8. The molecule has 0 bridgehead atoms. The minimum absolute atomic E-state index is 0.0254. The van der Waals surface area contributed by atoms with Crippen molar-refractivity contribution in [2.24, 2.45) is 0 Å². The number of aromatic nitrogens is 1. The van der Waals surface area contributed by atoms with Crippen LogP contribution in [-0.2, 0) is 9.59 Å². The van der Waals surface area contributed by atoms with Crippen molar-refractivity contribution in [1.82, 2.24) is 9.88 Å². The van der Waals surface area contributed by atoms with E-state index in [1.165, 1.54) is 23.1 Å². The van der Waals surface area contributed by atoms with Gasteiger partial charge in [-0.25, -0.2) is 4.79 Å². The van der Waals surface area contributed by atoms with Crippen molar-refractivity contribution in [1.29, 1.82) is 0 Å². The first kappa shape index (κ1) is 20.2. The van der Waals surface area contributed by atoms with Crippen molar-refractivity contribution in [2.45, 2.75) is 6.92 Å². The van der Waals surface area contributed by atoms with Crippen LogP contribution >= 0.6 is 12.2 Å². The normalized spacial score (nSPS) is 15.3. The van der Waals surface area contributed by atoms with Crippen molar-refractivity contribution < 1.29 is 19.5 Å². The van der Waals surface area contributed by atoms with Crippen LogP contribution in [0.3, 0.4) is 0 Å². The molecule has 0 spiro atoms. The van der Waals surface area contributed by atoms with Crippen LogP contribution in [0, 0.1) is 6.92 Å². The largest absolute Gasteiger partial charge is 0.478 e. The number of thiocarbonyl (C=S) groups is 1. The van der Waals surface area contributed by atoms with E-state index in [4.69, 9.17) is 17.3 Å². The molecule has 0 aliphatic carbocycles. The fraction of sp³-hybridized carbons (Fsp3) is 0.0435. The number of hydrogen-bond donors (Lipinski definition) is 2. The zero-order chi connectivity index (χ0) is 22.1. The lowest BCUT2D eigenvalue weighted by Crippen LogP contribution is -2.54. The van der Waals surface area contributed by atoms with Gasteiger partial charge in [0.15, 0.2) is 5.11 Å². The Bertz CT molecular complexity index is 1260. The molecule has 2 amide bonds. The van der Waals surface area contributed by atoms with Crippen molar-refractivity contribution in [3.05, 3.63) is 89.3 Å². The number of carboxylic acid groups (broad SMARTS) is 1. The number of carbonyl (C=O) groups excluding carboxylic acids is 2. The average Bonchev–Trinajstić information content (AvgIpc) is 3.19. The van der Waals surface area contributed by atoms with Crippen LogP contribution in [0.25, 0.3) is 11.8 Å². The zero-order valence-electron chi connectivity index (χ0n) is 16.4. The van der Waals surface area contributed by atoms with Gasteiger partial charge in [0.25, 0.3) is 11.8 Å². The Morgan fingerprint density at radius 1 is 1.03 bits per heavy atom. The highest BCUT2D eigenvalue weighted by Crippen LogP contribution is 2.24. The minimum Gasteiger partial charge on any atom is -0.478 e. The number of amides is 2. The molecule has 1 aliphatic rings. The summed E-state index contributed by atoms with van der Waals surface area (Å²) in [6, 6.07) is 17.1. The van der Waals surface area contributed by atoms with E-state index in [1.807, 2.05) is 25.1 Å². The Labute approximate surface area is 183 Å². The van der Waals surface area contributed by atoms with E-state index >= 15 is 0 Å². The van der Waals surface area contributed by atoms with E-state index in [0.717, 1.165) is 5.56 Å². The summed E-state index contributed by atoms with van der Waals surface area (Å²) in [5.41, 5.74) is 2.90. The topological polar surface area (TPSA) is 91.6 Å². The van der Waals surface area contributed by atoms with E-state index in [9.17, 15) is 14.4 Å². The first-order valence-electron chi connectivity index (χ1n) is 9.34. The van der Waals surface area contributed by atoms with Crippen LogP contribution in [0.15, 0.2) is 72.4 Å². The molecule has 154 valence electrons. The number of nitrogens with zero attached hydrogens (tertiary/aromatic N) is 2. The van der Waals surface area contributed by atoms with Gasteiger partial charge >= 0.3 is 5.97 Å². The van der Waals surface area contributed by atoms with Gasteiger partial charge in [-0.3, -0.25) is 19.8 Å². The van der Waals surface area contributed by atoms with Crippen molar-refractivity contribution in [3.8, 4) is 5.69 Å². The van der Waals surface area contributed by atoms with Gasteiger partial charge in [0.05, 0.1) is 11.3 Å². The van der Waals surface area contributed by atoms with E-state index in [0.29, 0.717) is 17.1 Å². The fourth-order valence-electron chi connectivity index (χ4n) is 3.32. The molecular weight excluding hydrogens is 414 g/mol. The Morgan fingerprint density at radius 3 is 2.45 bits per heavy atom. The highest BCUT2D eigenvalue weighted by Gasteiger charge is 2.34. The molecule has 0 radical (unpaired) electrons. The molecule has 1 saturated heterocycles. The van der Waals surface area contributed by atoms with Gasteiger partial charge in [-0.05, 0) is 79.3 Å². The quantitative estimate of drug-likeness (QED) is 0.376. The van der Waals surface area contributed by atoms with Crippen molar-refractivity contribution in [2.75, 3.05) is 4.90 Å². The maximum atomic E-state index is 13.2. The summed E-state index contributed by atoms with van der Waals surface area (Å²) in [6.07, 6.45) is 3.25. The summed E-state index contributed by atoms with van der Waals surface area (Å²) < 4.78 is 1.75. The average molecular weight is 431 g/mol. The molecule has 2 N–H and O–H groups in total. The predicted octanol–water partition coefficient (Wildman–Crippen LogP) is 3.32. The van der Waals surface area contributed by atoms with Crippen LogP contribution in [0.4, 0.5) is 5.69 Å². The van der Waals surface area contributed by atoms with Crippen LogP contribution in [-0.4, -0.2) is 32.6 Å². The zero-order valence-corrected chi connectivity index (χ0v) is 17.2. The number of carboxylic acids is 1. The Morgan fingerprint density at radius 2 is 1.77 bits per heavy atom. The van der Waals surface area contributed by atoms with E-state index in [2.05, 4.69) is 5.32 Å². The van der Waals surface area contributed by atoms with Crippen LogP contribution < -0.4 is 10.2 Å². The summed E-state index contributed by atoms with van der Waals surface area (Å²) in [4.78, 5) is 38.1. The molecule has 0 unspecified atom stereocenters. The molecule has 2 aromatic carbocycles. The SMILES string of the molecule is Cc1cccc(N2C(=O)/C(=C/c3cccn3-c3ccc(C(=O)O)cc3)C(=O)NC2=S)c1. The van der Waals surface area contributed by atoms with Gasteiger partial charge in [0.1, 0.15) is 5.57 Å². The van der Waals surface area contributed by atoms with Crippen LogP contribution in [0.2, 0.25) is 0 Å². The summed E-state index contributed by atoms with van der Waals surface area (Å²) in [6.45, 7) is 1.90. The lowest BCUT2D eigenvalue weighted by molar-refractivity contribution is -0.122. The third-order valence-electron chi connectivity index (χ3n) is 4.83. The number of rotatable bonds is 4. The lowest BCUT2D eigenvalue weighted by Gasteiger charge is -2.29. The van der Waals surface area contributed by atoms with Gasteiger partial charge in [0.2, 0.25) is 0 Å². The number of aromatic carboxylic acids is 1. The first-order valence-corrected chi connectivity index (χ1v) is 9.75. The third kappa shape index (κ3) is 3.88. The Hall–Kier alpha value is -4.04. The van der Waals surface area contributed by atoms with Gasteiger partial charge in [-0.1, -0.05) is 12.1 Å². The number of benzene rings is 2. The third-order valence-corrected chi connectivity index (χ3v) is 5.11. The second-order valence-corrected chi connectivity index (χ2v) is 7.34. The van der Waals surface area contributed by atoms with Crippen LogP contribution in [0.1, 0.15) is 21.6 Å². The molecule has 31 heavy (non-hydrogen) atoms. The number of nitrogens with one attached hydrogen (secondary N) is 1. The van der Waals surface area contributed by atoms with Gasteiger partial charge in [-0.2, -0.15) is 0 Å². The Balaban J connectivity index is 1.72. The van der Waals surface area contributed by atoms with Gasteiger partial charge in [-0.15, -0.1) is 0 Å². The van der Waals surface area contributed by atoms with Crippen molar-refractivity contribution in [3.63, 3.8) is 0 Å². The maximum Gasteiger partial charge on any atom is 0.335 e. The number of anilines is 1. The highest BCUT2D eigenvalue weighted by molar-refractivity contribution is 7.80. The molecule has 4 rings (SSSR count). The van der Waals surface area contributed by atoms with Gasteiger partial charge < -0.3 is 9.67 Å². The molecule has 1 aliphatic heterocycles. The smallest absolute Gasteiger partial charge is 0.335 e. The second-order valence-electron chi connectivity index (χ2n) is 6.95. The van der Waals surface area contributed by atoms with E-state index in [1.54, 1.807) is 41.1 Å². The molecule has 1 fully saturated rings. The highest BCUT2D eigenvalue weighted by atomic mass is 32.1. The summed E-state index contributed by atoms with van der Waals surface area (Å²) in [5, 5.41) is 11.7. The van der Waals surface area contributed by atoms with Crippen LogP contribution in [0.5, 0.6) is 0 Å². The second kappa shape index (κ2) is 8.00. The molecule has 7 nitrogen and oxygen atoms in total. The summed E-state index contributed by atoms with van der Waals surface area (Å²) in [5.74, 6) is -2.11. The fourth-order valence-corrected chi connectivity index (χ4v) is 3.60. The molecule has 2 heterocycles. The molecule has 0 atom stereocenters. The summed E-state index contributed by atoms with van der Waals surface area (Å²) in [7, 11) is 0. The monoisotopic (exact) mass is 431 g/mol. The van der Waals surface area contributed by atoms with Crippen molar-refractivity contribution >= 4 is 46.9 Å². The molecule has 8 heteroatoms. The number of aryl methyl sites for hydroxylation is 1. The van der Waals surface area contributed by atoms with E-state index in [-0.39, 0.29) is 16.2 Å². The van der Waals surface area contributed by atoms with Gasteiger partial charge in [0, 0.05) is 17.6 Å². The van der Waals surface area contributed by atoms with E-state index < -0.39 is 17.8 Å². The number of carbonyl (C=O) groups is 3. The molecule has 1 aromatic heterocycles. The predicted molar refractivity (Wildman–Crippen MR) is 120 cm³/mol. The standard InChI is InChI=1S/C23H17N3O4S/c1-14-4-2-5-18(12-14)26-21(28)19(20(27)24-23(26)31)13-17-6-3-11-25(17)16-9-7-15(8-10-16)22(29)30/h2-13H,1H3,(H,29,30)(H,24,27,31)/b19-13+. The summed E-state index contributed by atoms with van der Waals surface area (Å²) >= 11 is 5.24. The minimum atomic E-state index is -1.02. The lowest BCUT2D eigenvalue weighted by atomic mass is 10.1. The molecular formula is C23H17N3O4S. The molecule has 3 aromatic rings. The Kier molecular flexibility index (Phi) is 5.22. The number of hydrogen-bond acceptors (Lipinski definition) is 4.